The molecule has 4 aromatic heterocycles. The summed E-state index contributed by atoms with van der Waals surface area (Å²) in [6, 6.07) is 22.6. The smallest absolute Gasteiger partial charge is 0.216 e. The Labute approximate surface area is 284 Å². The number of fused-ring (bicyclic) bond motifs is 4. The summed E-state index contributed by atoms with van der Waals surface area (Å²) < 4.78 is 33.8. The third-order valence-electron chi connectivity index (χ3n) is 8.71. The fraction of sp³-hybridized carbons (Fsp3) is 0.243. The molecule has 0 unspecified atom stereocenters. The number of H-pyrrole nitrogens is 1. The summed E-state index contributed by atoms with van der Waals surface area (Å²) in [5.74, 6) is 0.394. The fourth-order valence-electron chi connectivity index (χ4n) is 6.09. The molecule has 2 saturated carbocycles. The molecule has 11 heteroatoms. The van der Waals surface area contributed by atoms with Gasteiger partial charge in [0.05, 0.1) is 50.5 Å². The van der Waals surface area contributed by atoms with Crippen LogP contribution in [-0.2, 0) is 0 Å². The first-order chi connectivity index (χ1) is 22.9. The summed E-state index contributed by atoms with van der Waals surface area (Å²) in [7, 11) is 0. The van der Waals surface area contributed by atoms with E-state index in [9.17, 15) is 8.78 Å². The number of hydrogen-bond donors (Lipinski definition) is 1. The lowest BCUT2D eigenvalue weighted by Gasteiger charge is -2.09. The topological polar surface area (TPSA) is 82.1 Å². The van der Waals surface area contributed by atoms with Crippen LogP contribution in [0.15, 0.2) is 90.2 Å². The Bertz CT molecular complexity index is 2410. The molecule has 2 fully saturated rings. The number of rotatable bonds is 3. The number of halogens is 3. The maximum absolute atomic E-state index is 13.7. The molecular weight excluding hydrogens is 674 g/mol. The zero-order chi connectivity index (χ0) is 32.2. The molecule has 10 rings (SSSR count). The molecule has 0 atom stereocenters. The Kier molecular flexibility index (Phi) is 8.32. The number of benzene rings is 4. The number of aromatic amines is 1. The molecule has 48 heavy (non-hydrogen) atoms. The Hall–Kier alpha value is -4.90. The van der Waals surface area contributed by atoms with Crippen LogP contribution in [0.25, 0.3) is 50.1 Å². The van der Waals surface area contributed by atoms with E-state index in [1.165, 1.54) is 30.5 Å². The third kappa shape index (κ3) is 5.87. The van der Waals surface area contributed by atoms with Crippen molar-refractivity contribution in [2.45, 2.75) is 59.0 Å². The molecule has 0 radical (unpaired) electrons. The average Bonchev–Trinajstić information content (AvgIpc) is 3.90. The second-order valence-electron chi connectivity index (χ2n) is 12.2. The van der Waals surface area contributed by atoms with Crippen LogP contribution in [-0.4, -0.2) is 38.6 Å². The number of imidazole rings is 4. The molecule has 244 valence electrons. The number of para-hydroxylation sites is 2. The van der Waals surface area contributed by atoms with Crippen LogP contribution in [0.4, 0.5) is 8.78 Å². The van der Waals surface area contributed by atoms with E-state index in [0.717, 1.165) is 73.2 Å². The van der Waals surface area contributed by atoms with Crippen LogP contribution < -0.4 is 0 Å². The predicted octanol–water partition coefficient (Wildman–Crippen LogP) is 9.94. The maximum atomic E-state index is 13.7. The fourth-order valence-corrected chi connectivity index (χ4v) is 6.76. The summed E-state index contributed by atoms with van der Waals surface area (Å²) >= 11 is 3.40. The van der Waals surface area contributed by atoms with Crippen molar-refractivity contribution in [2.75, 3.05) is 0 Å². The van der Waals surface area contributed by atoms with E-state index in [1.54, 1.807) is 30.6 Å². The van der Waals surface area contributed by atoms with Gasteiger partial charge in [-0.25, -0.2) is 28.7 Å². The summed E-state index contributed by atoms with van der Waals surface area (Å²) in [6.07, 6.45) is 8.09. The van der Waals surface area contributed by atoms with E-state index in [2.05, 4.69) is 71.0 Å². The standard InChI is InChI=1S/C18H15FN4.C10H8BrFN2.C8H8N2.CH4/c1-11-3-2-4-15-17(11)20-10-22(15)18-21-14-8-5-12(19)9-16(14)23(18)13-6-7-13;11-10-13-8-4-1-6(12)5-9(8)14(10)7-2-3-7;1-6-3-2-4-7-8(6)10-5-9-7;/h2-5,8-10,13H,6-7H2,1H3;1,4-5,7H,2-3H2;2-5H,1H3,(H,9,10);1H4. The first kappa shape index (κ1) is 31.7. The minimum Gasteiger partial charge on any atom is -0.345 e. The van der Waals surface area contributed by atoms with Gasteiger partial charge < -0.3 is 14.1 Å². The van der Waals surface area contributed by atoms with E-state index in [0.29, 0.717) is 12.1 Å². The van der Waals surface area contributed by atoms with Crippen molar-refractivity contribution >= 4 is 60.1 Å². The first-order valence-corrected chi connectivity index (χ1v) is 16.5. The van der Waals surface area contributed by atoms with Gasteiger partial charge in [-0.15, -0.1) is 0 Å². The molecule has 0 bridgehead atoms. The Morgan fingerprint density at radius 3 is 1.98 bits per heavy atom. The number of nitrogens with one attached hydrogen (secondary N) is 1. The van der Waals surface area contributed by atoms with Crippen molar-refractivity contribution in [2.24, 2.45) is 0 Å². The lowest BCUT2D eigenvalue weighted by atomic mass is 10.2. The predicted molar refractivity (Wildman–Crippen MR) is 191 cm³/mol. The maximum Gasteiger partial charge on any atom is 0.216 e. The molecule has 4 heterocycles. The quantitative estimate of drug-likeness (QED) is 0.198. The van der Waals surface area contributed by atoms with Crippen LogP contribution >= 0.6 is 15.9 Å². The zero-order valence-electron chi connectivity index (χ0n) is 25.8. The SMILES string of the molecule is C.Cc1cccc2[nH]cnc12.Cc1cccc2c1ncn2-c1nc2ccc(F)cc2n1C1CC1.Fc1ccc2nc(Br)n(C3CC3)c2c1. The van der Waals surface area contributed by atoms with Crippen LogP contribution in [0.5, 0.6) is 0 Å². The highest BCUT2D eigenvalue weighted by molar-refractivity contribution is 9.10. The van der Waals surface area contributed by atoms with Crippen LogP contribution in [0, 0.1) is 25.5 Å². The highest BCUT2D eigenvalue weighted by atomic mass is 79.9. The Morgan fingerprint density at radius 2 is 1.31 bits per heavy atom. The third-order valence-corrected chi connectivity index (χ3v) is 9.27. The Morgan fingerprint density at radius 1 is 0.708 bits per heavy atom. The van der Waals surface area contributed by atoms with Crippen LogP contribution in [0.1, 0.15) is 56.3 Å². The highest BCUT2D eigenvalue weighted by Crippen LogP contribution is 2.41. The minimum atomic E-state index is -0.225. The number of aryl methyl sites for hydroxylation is 2. The number of hydrogen-bond acceptors (Lipinski definition) is 4. The molecular formula is C37H35BrF2N8. The monoisotopic (exact) mass is 708 g/mol. The lowest BCUT2D eigenvalue weighted by molar-refractivity contribution is 0.627. The second-order valence-corrected chi connectivity index (χ2v) is 12.9. The summed E-state index contributed by atoms with van der Waals surface area (Å²) in [5.41, 5.74) is 9.97. The minimum absolute atomic E-state index is 0. The molecule has 2 aliphatic carbocycles. The van der Waals surface area contributed by atoms with Gasteiger partial charge in [0.2, 0.25) is 5.95 Å². The van der Waals surface area contributed by atoms with Crippen molar-refractivity contribution in [1.29, 1.82) is 0 Å². The van der Waals surface area contributed by atoms with E-state index in [-0.39, 0.29) is 19.1 Å². The van der Waals surface area contributed by atoms with Crippen LogP contribution in [0.2, 0.25) is 0 Å². The molecule has 2 aliphatic rings. The van der Waals surface area contributed by atoms with E-state index in [4.69, 9.17) is 4.98 Å². The van der Waals surface area contributed by atoms with Gasteiger partial charge >= 0.3 is 0 Å². The summed E-state index contributed by atoms with van der Waals surface area (Å²) in [6.45, 7) is 4.11. The molecule has 0 spiro atoms. The van der Waals surface area contributed by atoms with Gasteiger partial charge in [0.25, 0.3) is 0 Å². The Balaban J connectivity index is 0.000000124. The number of nitrogens with zero attached hydrogens (tertiary/aromatic N) is 7. The van der Waals surface area contributed by atoms with Gasteiger partial charge in [0.1, 0.15) is 18.0 Å². The zero-order valence-corrected chi connectivity index (χ0v) is 27.4. The van der Waals surface area contributed by atoms with E-state index >= 15 is 0 Å². The molecule has 0 aliphatic heterocycles. The van der Waals surface area contributed by atoms with Crippen molar-refractivity contribution in [3.05, 3.63) is 113 Å². The molecule has 8 nitrogen and oxygen atoms in total. The van der Waals surface area contributed by atoms with Gasteiger partial charge in [-0.05, 0) is 115 Å². The summed E-state index contributed by atoms with van der Waals surface area (Å²) in [5, 5.41) is 0. The van der Waals surface area contributed by atoms with E-state index in [1.807, 2.05) is 35.2 Å². The lowest BCUT2D eigenvalue weighted by Crippen LogP contribution is -2.04. The van der Waals surface area contributed by atoms with Crippen molar-refractivity contribution < 1.29 is 8.78 Å². The molecule has 4 aromatic carbocycles. The largest absolute Gasteiger partial charge is 0.345 e. The van der Waals surface area contributed by atoms with Gasteiger partial charge in [-0.1, -0.05) is 31.7 Å². The molecule has 8 aromatic rings. The van der Waals surface area contributed by atoms with Gasteiger partial charge in [-0.2, -0.15) is 0 Å². The van der Waals surface area contributed by atoms with E-state index < -0.39 is 0 Å². The molecule has 0 amide bonds. The van der Waals surface area contributed by atoms with Crippen molar-refractivity contribution in [3.63, 3.8) is 0 Å². The average molecular weight is 710 g/mol. The molecule has 0 saturated heterocycles. The van der Waals surface area contributed by atoms with Gasteiger partial charge in [0, 0.05) is 12.1 Å². The van der Waals surface area contributed by atoms with Crippen molar-refractivity contribution in [3.8, 4) is 5.95 Å². The number of aromatic nitrogens is 8. The van der Waals surface area contributed by atoms with Gasteiger partial charge in [-0.3, -0.25) is 4.57 Å². The molecule has 1 N–H and O–H groups in total. The normalized spacial score (nSPS) is 14.1. The highest BCUT2D eigenvalue weighted by Gasteiger charge is 2.30. The first-order valence-electron chi connectivity index (χ1n) is 15.7. The second kappa shape index (κ2) is 12.6. The van der Waals surface area contributed by atoms with Crippen molar-refractivity contribution in [1.82, 2.24) is 38.6 Å². The van der Waals surface area contributed by atoms with Crippen LogP contribution in [0.3, 0.4) is 0 Å². The summed E-state index contributed by atoms with van der Waals surface area (Å²) in [4.78, 5) is 20.8. The van der Waals surface area contributed by atoms with Gasteiger partial charge in [0.15, 0.2) is 4.73 Å².